The lowest BCUT2D eigenvalue weighted by Crippen LogP contribution is -2.60. The first kappa shape index (κ1) is 33.0. The van der Waals surface area contributed by atoms with Crippen molar-refractivity contribution in [3.05, 3.63) is 11.6 Å². The van der Waals surface area contributed by atoms with Crippen LogP contribution >= 0.6 is 0 Å². The van der Waals surface area contributed by atoms with Gasteiger partial charge >= 0.3 is 17.9 Å². The van der Waals surface area contributed by atoms with Crippen molar-refractivity contribution in [1.82, 2.24) is 10.6 Å². The van der Waals surface area contributed by atoms with Crippen molar-refractivity contribution in [3.63, 3.8) is 0 Å². The molecule has 2 amide bonds. The van der Waals surface area contributed by atoms with Crippen molar-refractivity contribution in [2.75, 3.05) is 6.61 Å². The molecule has 0 heterocycles. The van der Waals surface area contributed by atoms with E-state index in [1.807, 2.05) is 13.8 Å². The highest BCUT2D eigenvalue weighted by Crippen LogP contribution is 2.27. The van der Waals surface area contributed by atoms with Crippen LogP contribution in [0.5, 0.6) is 0 Å². The molecule has 1 aliphatic rings. The standard InChI is InChI=1S/C26H42N2O10/c1-8-17(9-2)37-19-12-16(23(33)36-10-3)11-18(22(19)27-15(4)29)28-20(30)13-26(35,14-21(31)32)24(34)38-25(5,6)7/h12,17-19,22,35H,8-11,13-14H2,1-7H3,(H,27,29)(H,28,30)(H,31,32)/t18-,19+,22+,26?/m0/s1. The number of aliphatic carboxylic acids is 1. The number of carboxylic acids is 1. The van der Waals surface area contributed by atoms with Gasteiger partial charge in [0.15, 0.2) is 5.60 Å². The van der Waals surface area contributed by atoms with Crippen LogP contribution in [0.3, 0.4) is 0 Å². The van der Waals surface area contributed by atoms with Crippen LogP contribution in [-0.4, -0.2) is 82.0 Å². The molecule has 0 saturated carbocycles. The number of aliphatic hydroxyl groups is 1. The van der Waals surface area contributed by atoms with Gasteiger partial charge in [0.25, 0.3) is 0 Å². The van der Waals surface area contributed by atoms with E-state index in [1.54, 1.807) is 13.0 Å². The minimum atomic E-state index is -2.65. The molecule has 1 unspecified atom stereocenters. The van der Waals surface area contributed by atoms with Crippen molar-refractivity contribution < 1.29 is 48.4 Å². The summed E-state index contributed by atoms with van der Waals surface area (Å²) >= 11 is 0. The van der Waals surface area contributed by atoms with Gasteiger partial charge in [-0.05, 0) is 46.6 Å². The summed E-state index contributed by atoms with van der Waals surface area (Å²) in [6.45, 7) is 11.5. The monoisotopic (exact) mass is 542 g/mol. The second-order valence-electron chi connectivity index (χ2n) is 10.3. The molecule has 1 rings (SSSR count). The van der Waals surface area contributed by atoms with E-state index in [9.17, 15) is 34.2 Å². The topological polar surface area (TPSA) is 178 Å². The first-order valence-electron chi connectivity index (χ1n) is 12.8. The van der Waals surface area contributed by atoms with Crippen LogP contribution in [0.15, 0.2) is 11.6 Å². The van der Waals surface area contributed by atoms with Gasteiger partial charge in [-0.1, -0.05) is 13.8 Å². The molecule has 0 aliphatic heterocycles. The van der Waals surface area contributed by atoms with Crippen molar-refractivity contribution in [1.29, 1.82) is 0 Å². The lowest BCUT2D eigenvalue weighted by molar-refractivity contribution is -0.183. The molecule has 0 aromatic rings. The summed E-state index contributed by atoms with van der Waals surface area (Å²) in [6, 6.07) is -1.70. The van der Waals surface area contributed by atoms with Crippen molar-refractivity contribution in [2.24, 2.45) is 0 Å². The molecule has 0 aromatic carbocycles. The Hall–Kier alpha value is -2.99. The summed E-state index contributed by atoms with van der Waals surface area (Å²) in [7, 11) is 0. The predicted molar refractivity (Wildman–Crippen MR) is 136 cm³/mol. The fourth-order valence-corrected chi connectivity index (χ4v) is 4.08. The summed E-state index contributed by atoms with van der Waals surface area (Å²) in [5, 5.41) is 25.5. The van der Waals surface area contributed by atoms with Crippen LogP contribution < -0.4 is 10.6 Å². The van der Waals surface area contributed by atoms with E-state index < -0.39 is 72.0 Å². The lowest BCUT2D eigenvalue weighted by atomic mass is 9.86. The molecule has 38 heavy (non-hydrogen) atoms. The fraction of sp³-hybridized carbons (Fsp3) is 0.731. The predicted octanol–water partition coefficient (Wildman–Crippen LogP) is 1.38. The van der Waals surface area contributed by atoms with Crippen molar-refractivity contribution in [2.45, 2.75) is 116 Å². The summed E-state index contributed by atoms with van der Waals surface area (Å²) in [4.78, 5) is 61.8. The molecule has 0 bridgehead atoms. The molecule has 0 spiro atoms. The Balaban J connectivity index is 3.33. The molecule has 0 aromatic heterocycles. The van der Waals surface area contributed by atoms with Crippen molar-refractivity contribution in [3.8, 4) is 0 Å². The fourth-order valence-electron chi connectivity index (χ4n) is 4.08. The van der Waals surface area contributed by atoms with Crippen LogP contribution in [0, 0.1) is 0 Å². The van der Waals surface area contributed by atoms with Gasteiger partial charge in [0.2, 0.25) is 11.8 Å². The zero-order valence-corrected chi connectivity index (χ0v) is 23.3. The van der Waals surface area contributed by atoms with E-state index in [-0.39, 0.29) is 24.7 Å². The second-order valence-corrected chi connectivity index (χ2v) is 10.3. The Labute approximate surface area is 223 Å². The average molecular weight is 543 g/mol. The van der Waals surface area contributed by atoms with Gasteiger partial charge in [0, 0.05) is 18.9 Å². The Bertz CT molecular complexity index is 906. The number of amides is 2. The minimum Gasteiger partial charge on any atom is -0.481 e. The Morgan fingerprint density at radius 2 is 1.66 bits per heavy atom. The van der Waals surface area contributed by atoms with Gasteiger partial charge in [-0.2, -0.15) is 0 Å². The van der Waals surface area contributed by atoms with Gasteiger partial charge in [-0.25, -0.2) is 9.59 Å². The molecule has 12 nitrogen and oxygen atoms in total. The summed E-state index contributed by atoms with van der Waals surface area (Å²) in [5.74, 6) is -4.66. The van der Waals surface area contributed by atoms with Gasteiger partial charge < -0.3 is 35.1 Å². The Morgan fingerprint density at radius 3 is 2.13 bits per heavy atom. The largest absolute Gasteiger partial charge is 0.481 e. The van der Waals surface area contributed by atoms with Gasteiger partial charge in [-0.15, -0.1) is 0 Å². The number of carbonyl (C=O) groups excluding carboxylic acids is 4. The third kappa shape index (κ3) is 10.4. The Morgan fingerprint density at radius 1 is 1.05 bits per heavy atom. The van der Waals surface area contributed by atoms with E-state index in [0.717, 1.165) is 0 Å². The van der Waals surface area contributed by atoms with Crippen LogP contribution in [0.2, 0.25) is 0 Å². The van der Waals surface area contributed by atoms with E-state index in [4.69, 9.17) is 14.2 Å². The quantitative estimate of drug-likeness (QED) is 0.249. The van der Waals surface area contributed by atoms with Gasteiger partial charge in [0.1, 0.15) is 5.60 Å². The summed E-state index contributed by atoms with van der Waals surface area (Å²) in [6.07, 6.45) is -0.125. The highest BCUT2D eigenvalue weighted by molar-refractivity contribution is 5.92. The maximum Gasteiger partial charge on any atom is 0.339 e. The third-order valence-electron chi connectivity index (χ3n) is 5.78. The van der Waals surface area contributed by atoms with E-state index >= 15 is 0 Å². The maximum absolute atomic E-state index is 13.1. The highest BCUT2D eigenvalue weighted by atomic mass is 16.6. The van der Waals surface area contributed by atoms with E-state index in [1.165, 1.54) is 27.7 Å². The molecular formula is C26H42N2O10. The number of hydrogen-bond donors (Lipinski definition) is 4. The normalized spacial score (nSPS) is 21.1. The molecule has 1 aliphatic carbocycles. The number of carboxylic acid groups (broad SMARTS) is 1. The van der Waals surface area contributed by atoms with Gasteiger partial charge in [-0.3, -0.25) is 14.4 Å². The molecule has 0 saturated heterocycles. The molecule has 4 N–H and O–H groups in total. The smallest absolute Gasteiger partial charge is 0.339 e. The molecule has 0 fully saturated rings. The molecule has 0 radical (unpaired) electrons. The molecular weight excluding hydrogens is 500 g/mol. The highest BCUT2D eigenvalue weighted by Gasteiger charge is 2.45. The first-order chi connectivity index (χ1) is 17.5. The van der Waals surface area contributed by atoms with Gasteiger partial charge in [0.05, 0.1) is 43.7 Å². The maximum atomic E-state index is 13.1. The number of ether oxygens (including phenoxy) is 3. The van der Waals surface area contributed by atoms with Crippen molar-refractivity contribution >= 4 is 29.7 Å². The van der Waals surface area contributed by atoms with E-state index in [2.05, 4.69) is 10.6 Å². The number of rotatable bonds is 13. The number of nitrogens with one attached hydrogen (secondary N) is 2. The van der Waals surface area contributed by atoms with Crippen LogP contribution in [0.4, 0.5) is 0 Å². The third-order valence-corrected chi connectivity index (χ3v) is 5.78. The summed E-state index contributed by atoms with van der Waals surface area (Å²) < 4.78 is 16.4. The number of hydrogen-bond acceptors (Lipinski definition) is 9. The zero-order chi connectivity index (χ0) is 29.3. The zero-order valence-electron chi connectivity index (χ0n) is 23.3. The number of carbonyl (C=O) groups is 5. The molecule has 216 valence electrons. The Kier molecular flexibility index (Phi) is 12.4. The van der Waals surface area contributed by atoms with Crippen LogP contribution in [0.25, 0.3) is 0 Å². The lowest BCUT2D eigenvalue weighted by Gasteiger charge is -2.39. The summed E-state index contributed by atoms with van der Waals surface area (Å²) in [5.41, 5.74) is -3.46. The minimum absolute atomic E-state index is 0.0396. The first-order valence-corrected chi connectivity index (χ1v) is 12.8. The second kappa shape index (κ2) is 14.2. The molecule has 12 heteroatoms. The van der Waals surface area contributed by atoms with Crippen LogP contribution in [0.1, 0.15) is 80.6 Å². The molecule has 4 atom stereocenters. The average Bonchev–Trinajstić information content (AvgIpc) is 2.77. The van der Waals surface area contributed by atoms with E-state index in [0.29, 0.717) is 12.8 Å². The SMILES string of the molecule is CCOC(=O)C1=C[C@@H](OC(CC)CC)[C@H](NC(C)=O)[C@@H](NC(=O)CC(O)(CC(=O)O)C(=O)OC(C)(C)C)C1. The number of esters is 2. The van der Waals surface area contributed by atoms with Crippen LogP contribution in [-0.2, 0) is 38.2 Å².